The van der Waals surface area contributed by atoms with Gasteiger partial charge in [-0.3, -0.25) is 0 Å². The van der Waals surface area contributed by atoms with Crippen LogP contribution in [0, 0.1) is 0 Å². The molecule has 0 fully saturated rings. The molecule has 0 N–H and O–H groups in total. The lowest BCUT2D eigenvalue weighted by Crippen LogP contribution is -2.17. The van der Waals surface area contributed by atoms with E-state index >= 15 is 0 Å². The van der Waals surface area contributed by atoms with Crippen LogP contribution in [0.2, 0.25) is 0 Å². The molecule has 2 nitrogen and oxygen atoms in total. The number of benzene rings is 1. The molecule has 0 saturated carbocycles. The van der Waals surface area contributed by atoms with Gasteiger partial charge in [0, 0.05) is 18.1 Å². The first kappa shape index (κ1) is 12.6. The van der Waals surface area contributed by atoms with Crippen molar-refractivity contribution in [2.24, 2.45) is 0 Å². The number of anilines is 1. The van der Waals surface area contributed by atoms with Crippen LogP contribution in [-0.4, -0.2) is 12.0 Å². The van der Waals surface area contributed by atoms with Crippen LogP contribution < -0.4 is 4.90 Å². The van der Waals surface area contributed by atoms with Crippen molar-refractivity contribution in [3.05, 3.63) is 57.1 Å². The van der Waals surface area contributed by atoms with Crippen molar-refractivity contribution < 1.29 is 0 Å². The van der Waals surface area contributed by atoms with Gasteiger partial charge < -0.3 is 4.90 Å². The van der Waals surface area contributed by atoms with Crippen molar-refractivity contribution in [1.82, 2.24) is 4.98 Å². The highest BCUT2D eigenvalue weighted by Crippen LogP contribution is 2.17. The molecular formula is C13H12Br2N2. The van der Waals surface area contributed by atoms with Gasteiger partial charge in [-0.25, -0.2) is 4.98 Å². The van der Waals surface area contributed by atoms with Crippen molar-refractivity contribution >= 4 is 37.7 Å². The maximum atomic E-state index is 4.42. The van der Waals surface area contributed by atoms with E-state index in [1.54, 1.807) is 0 Å². The summed E-state index contributed by atoms with van der Waals surface area (Å²) in [7, 11) is 2.04. The van der Waals surface area contributed by atoms with Gasteiger partial charge in [-0.1, -0.05) is 34.1 Å². The highest BCUT2D eigenvalue weighted by molar-refractivity contribution is 9.10. The average Bonchev–Trinajstić information content (AvgIpc) is 2.32. The lowest BCUT2D eigenvalue weighted by Gasteiger charge is -2.18. The molecule has 0 atom stereocenters. The van der Waals surface area contributed by atoms with Crippen LogP contribution in [0.5, 0.6) is 0 Å². The Kier molecular flexibility index (Phi) is 4.18. The van der Waals surface area contributed by atoms with Gasteiger partial charge in [-0.15, -0.1) is 0 Å². The first-order chi connectivity index (χ1) is 8.15. The Morgan fingerprint density at radius 1 is 1.06 bits per heavy atom. The lowest BCUT2D eigenvalue weighted by molar-refractivity contribution is 0.895. The van der Waals surface area contributed by atoms with Crippen molar-refractivity contribution in [3.8, 4) is 0 Å². The minimum absolute atomic E-state index is 0.844. The minimum atomic E-state index is 0.844. The van der Waals surface area contributed by atoms with E-state index in [-0.39, 0.29) is 0 Å². The standard InChI is InChI=1S/C13H12Br2N2/c1-17(13-4-2-3-12(15)16-13)9-10-5-7-11(14)8-6-10/h2-8H,9H2,1H3. The summed E-state index contributed by atoms with van der Waals surface area (Å²) in [5, 5.41) is 0. The SMILES string of the molecule is CN(Cc1ccc(Br)cc1)c1cccc(Br)n1. The molecule has 0 saturated heterocycles. The summed E-state index contributed by atoms with van der Waals surface area (Å²) in [5.74, 6) is 0.960. The molecule has 17 heavy (non-hydrogen) atoms. The molecule has 0 radical (unpaired) electrons. The molecule has 0 bridgehead atoms. The topological polar surface area (TPSA) is 16.1 Å². The van der Waals surface area contributed by atoms with E-state index in [0.29, 0.717) is 0 Å². The summed E-state index contributed by atoms with van der Waals surface area (Å²) in [6.45, 7) is 0.844. The Morgan fingerprint density at radius 2 is 1.76 bits per heavy atom. The third-order valence-electron chi connectivity index (χ3n) is 2.42. The van der Waals surface area contributed by atoms with E-state index < -0.39 is 0 Å². The van der Waals surface area contributed by atoms with Gasteiger partial charge in [0.2, 0.25) is 0 Å². The fourth-order valence-corrected chi connectivity index (χ4v) is 2.15. The minimum Gasteiger partial charge on any atom is -0.355 e. The summed E-state index contributed by atoms with van der Waals surface area (Å²) in [4.78, 5) is 6.54. The Morgan fingerprint density at radius 3 is 2.41 bits per heavy atom. The van der Waals surface area contributed by atoms with Gasteiger partial charge in [0.05, 0.1) is 0 Å². The molecular weight excluding hydrogens is 344 g/mol. The quantitative estimate of drug-likeness (QED) is 0.765. The molecule has 1 aromatic carbocycles. The number of rotatable bonds is 3. The molecule has 0 aliphatic carbocycles. The number of aromatic nitrogens is 1. The van der Waals surface area contributed by atoms with E-state index in [9.17, 15) is 0 Å². The molecule has 4 heteroatoms. The normalized spacial score (nSPS) is 10.3. The first-order valence-corrected chi connectivity index (χ1v) is 6.82. The first-order valence-electron chi connectivity index (χ1n) is 5.23. The summed E-state index contributed by atoms with van der Waals surface area (Å²) in [5.41, 5.74) is 1.26. The highest BCUT2D eigenvalue weighted by Gasteiger charge is 2.03. The number of halogens is 2. The number of nitrogens with zero attached hydrogens (tertiary/aromatic N) is 2. The zero-order valence-corrected chi connectivity index (χ0v) is 12.6. The molecule has 0 unspecified atom stereocenters. The molecule has 1 heterocycles. The summed E-state index contributed by atoms with van der Waals surface area (Å²) >= 11 is 6.82. The van der Waals surface area contributed by atoms with Crippen LogP contribution in [0.4, 0.5) is 5.82 Å². The molecule has 0 aliphatic rings. The second-order valence-electron chi connectivity index (χ2n) is 3.80. The van der Waals surface area contributed by atoms with Crippen LogP contribution >= 0.6 is 31.9 Å². The Balaban J connectivity index is 2.11. The maximum absolute atomic E-state index is 4.42. The molecule has 2 rings (SSSR count). The molecule has 88 valence electrons. The van der Waals surface area contributed by atoms with Crippen molar-refractivity contribution in [2.45, 2.75) is 6.54 Å². The van der Waals surface area contributed by atoms with Crippen LogP contribution in [0.25, 0.3) is 0 Å². The van der Waals surface area contributed by atoms with Crippen molar-refractivity contribution in [3.63, 3.8) is 0 Å². The molecule has 1 aromatic heterocycles. The third-order valence-corrected chi connectivity index (χ3v) is 3.39. The second-order valence-corrected chi connectivity index (χ2v) is 5.53. The largest absolute Gasteiger partial charge is 0.355 e. The maximum Gasteiger partial charge on any atom is 0.129 e. The van der Waals surface area contributed by atoms with E-state index in [2.05, 4.69) is 66.0 Å². The summed E-state index contributed by atoms with van der Waals surface area (Å²) in [6, 6.07) is 14.2. The van der Waals surface area contributed by atoms with Gasteiger partial charge in [-0.05, 0) is 45.8 Å². The van der Waals surface area contributed by atoms with Crippen LogP contribution in [-0.2, 0) is 6.54 Å². The molecule has 0 aliphatic heterocycles. The van der Waals surface area contributed by atoms with E-state index in [0.717, 1.165) is 21.4 Å². The average molecular weight is 356 g/mol. The van der Waals surface area contributed by atoms with Gasteiger partial charge in [0.1, 0.15) is 10.4 Å². The number of pyridine rings is 1. The summed E-state index contributed by atoms with van der Waals surface area (Å²) in [6.07, 6.45) is 0. The predicted octanol–water partition coefficient (Wildman–Crippen LogP) is 4.24. The monoisotopic (exact) mass is 354 g/mol. The van der Waals surface area contributed by atoms with E-state index in [1.165, 1.54) is 5.56 Å². The second kappa shape index (κ2) is 5.65. The van der Waals surface area contributed by atoms with Gasteiger partial charge >= 0.3 is 0 Å². The molecule has 2 aromatic rings. The number of hydrogen-bond donors (Lipinski definition) is 0. The lowest BCUT2D eigenvalue weighted by atomic mass is 10.2. The van der Waals surface area contributed by atoms with E-state index in [4.69, 9.17) is 0 Å². The van der Waals surface area contributed by atoms with Crippen LogP contribution in [0.3, 0.4) is 0 Å². The zero-order chi connectivity index (χ0) is 12.3. The molecule has 0 amide bonds. The summed E-state index contributed by atoms with van der Waals surface area (Å²) < 4.78 is 1.96. The van der Waals surface area contributed by atoms with Gasteiger partial charge in [-0.2, -0.15) is 0 Å². The van der Waals surface area contributed by atoms with Gasteiger partial charge in [0.15, 0.2) is 0 Å². The zero-order valence-electron chi connectivity index (χ0n) is 9.40. The van der Waals surface area contributed by atoms with Gasteiger partial charge in [0.25, 0.3) is 0 Å². The number of hydrogen-bond acceptors (Lipinski definition) is 2. The van der Waals surface area contributed by atoms with Crippen molar-refractivity contribution in [1.29, 1.82) is 0 Å². The Bertz CT molecular complexity index is 497. The highest BCUT2D eigenvalue weighted by atomic mass is 79.9. The van der Waals surface area contributed by atoms with Crippen LogP contribution in [0.1, 0.15) is 5.56 Å². The fraction of sp³-hybridized carbons (Fsp3) is 0.154. The fourth-order valence-electron chi connectivity index (χ4n) is 1.55. The smallest absolute Gasteiger partial charge is 0.129 e. The predicted molar refractivity (Wildman–Crippen MR) is 78.2 cm³/mol. The molecule has 0 spiro atoms. The van der Waals surface area contributed by atoms with Crippen LogP contribution in [0.15, 0.2) is 51.5 Å². The Hall–Kier alpha value is -0.870. The van der Waals surface area contributed by atoms with E-state index in [1.807, 2.05) is 25.2 Å². The van der Waals surface area contributed by atoms with Crippen molar-refractivity contribution in [2.75, 3.05) is 11.9 Å². The Labute approximate surface area is 118 Å². The third kappa shape index (κ3) is 3.54.